The van der Waals surface area contributed by atoms with Gasteiger partial charge in [0.15, 0.2) is 9.84 Å². The van der Waals surface area contributed by atoms with Crippen LogP contribution in [-0.2, 0) is 15.6 Å². The summed E-state index contributed by atoms with van der Waals surface area (Å²) in [6.07, 6.45) is 0. The third-order valence-electron chi connectivity index (χ3n) is 3.01. The van der Waals surface area contributed by atoms with Gasteiger partial charge in [0, 0.05) is 11.3 Å². The van der Waals surface area contributed by atoms with Gasteiger partial charge in [0.25, 0.3) is 0 Å². The molecule has 0 aliphatic heterocycles. The van der Waals surface area contributed by atoms with E-state index < -0.39 is 27.2 Å². The number of sulfone groups is 1. The maximum absolute atomic E-state index is 13.5. The largest absolute Gasteiger partial charge is 0.398 e. The Morgan fingerprint density at radius 1 is 1.15 bits per heavy atom. The highest BCUT2D eigenvalue weighted by Gasteiger charge is 2.20. The van der Waals surface area contributed by atoms with Gasteiger partial charge < -0.3 is 5.73 Å². The lowest BCUT2D eigenvalue weighted by molar-refractivity contribution is 0.578. The van der Waals surface area contributed by atoms with Gasteiger partial charge in [0.1, 0.15) is 11.6 Å². The first-order chi connectivity index (χ1) is 9.31. The van der Waals surface area contributed by atoms with Crippen molar-refractivity contribution in [2.75, 3.05) is 5.73 Å². The van der Waals surface area contributed by atoms with Crippen molar-refractivity contribution >= 4 is 15.5 Å². The molecule has 0 spiro atoms. The second-order valence-corrected chi connectivity index (χ2v) is 6.42. The second kappa shape index (κ2) is 5.20. The Hall–Kier alpha value is -1.95. The summed E-state index contributed by atoms with van der Waals surface area (Å²) in [5.74, 6) is -2.04. The molecule has 0 fully saturated rings. The molecule has 2 rings (SSSR count). The quantitative estimate of drug-likeness (QED) is 0.886. The van der Waals surface area contributed by atoms with Gasteiger partial charge in [-0.1, -0.05) is 6.07 Å². The third-order valence-corrected chi connectivity index (χ3v) is 4.82. The molecular weight excluding hydrogens is 284 g/mol. The van der Waals surface area contributed by atoms with Crippen molar-refractivity contribution in [2.24, 2.45) is 0 Å². The van der Waals surface area contributed by atoms with E-state index in [1.54, 1.807) is 13.0 Å². The van der Waals surface area contributed by atoms with Gasteiger partial charge in [0.2, 0.25) is 0 Å². The summed E-state index contributed by atoms with van der Waals surface area (Å²) < 4.78 is 51.2. The van der Waals surface area contributed by atoms with Gasteiger partial charge in [-0.2, -0.15) is 0 Å². The Morgan fingerprint density at radius 3 is 2.55 bits per heavy atom. The highest BCUT2D eigenvalue weighted by Crippen LogP contribution is 2.25. The number of anilines is 1. The summed E-state index contributed by atoms with van der Waals surface area (Å²) in [7, 11) is -3.79. The molecule has 0 atom stereocenters. The Kier molecular flexibility index (Phi) is 3.76. The fourth-order valence-corrected chi connectivity index (χ4v) is 3.56. The molecule has 0 amide bonds. The van der Waals surface area contributed by atoms with Gasteiger partial charge in [-0.25, -0.2) is 17.2 Å². The maximum Gasteiger partial charge on any atom is 0.182 e. The molecule has 0 aromatic heterocycles. The van der Waals surface area contributed by atoms with E-state index in [1.807, 2.05) is 0 Å². The standard InChI is InChI=1S/C14H13F2NO2S/c1-9-13(17)3-2-4-14(9)20(18,19)8-10-7-11(15)5-6-12(10)16/h2-7H,8,17H2,1H3. The molecule has 0 aliphatic carbocycles. The number of hydrogen-bond donors (Lipinski definition) is 1. The summed E-state index contributed by atoms with van der Waals surface area (Å²) in [6, 6.07) is 7.23. The average molecular weight is 297 g/mol. The highest BCUT2D eigenvalue weighted by atomic mass is 32.2. The van der Waals surface area contributed by atoms with Gasteiger partial charge in [0.05, 0.1) is 10.6 Å². The van der Waals surface area contributed by atoms with Gasteiger partial charge in [-0.05, 0) is 42.8 Å². The predicted molar refractivity (Wildman–Crippen MR) is 72.8 cm³/mol. The molecule has 2 N–H and O–H groups in total. The van der Waals surface area contributed by atoms with Crippen LogP contribution in [0.1, 0.15) is 11.1 Å². The summed E-state index contributed by atoms with van der Waals surface area (Å²) in [4.78, 5) is 0.0289. The fourth-order valence-electron chi connectivity index (χ4n) is 1.90. The summed E-state index contributed by atoms with van der Waals surface area (Å²) in [5, 5.41) is 0. The van der Waals surface area contributed by atoms with E-state index in [9.17, 15) is 17.2 Å². The lowest BCUT2D eigenvalue weighted by Gasteiger charge is -2.10. The first-order valence-electron chi connectivity index (χ1n) is 5.83. The Morgan fingerprint density at radius 2 is 1.85 bits per heavy atom. The first kappa shape index (κ1) is 14.5. The molecule has 20 heavy (non-hydrogen) atoms. The normalized spacial score (nSPS) is 11.6. The number of halogens is 2. The Labute approximate surface area is 116 Å². The number of benzene rings is 2. The summed E-state index contributed by atoms with van der Waals surface area (Å²) in [5.41, 5.74) is 6.21. The molecule has 0 heterocycles. The Bertz CT molecular complexity index is 758. The third kappa shape index (κ3) is 2.80. The number of nitrogens with two attached hydrogens (primary N) is 1. The highest BCUT2D eigenvalue weighted by molar-refractivity contribution is 7.90. The van der Waals surface area contributed by atoms with Crippen LogP contribution < -0.4 is 5.73 Å². The van der Waals surface area contributed by atoms with Crippen LogP contribution in [0.4, 0.5) is 14.5 Å². The van der Waals surface area contributed by atoms with Crippen molar-refractivity contribution in [1.82, 2.24) is 0 Å². The molecule has 6 heteroatoms. The minimum Gasteiger partial charge on any atom is -0.398 e. The van der Waals surface area contributed by atoms with Crippen LogP contribution in [0, 0.1) is 18.6 Å². The van der Waals surface area contributed by atoms with E-state index in [0.29, 0.717) is 11.3 Å². The molecule has 0 aliphatic rings. The van der Waals surface area contributed by atoms with Crippen molar-refractivity contribution in [2.45, 2.75) is 17.6 Å². The molecule has 0 saturated heterocycles. The van der Waals surface area contributed by atoms with E-state index in [1.165, 1.54) is 12.1 Å². The van der Waals surface area contributed by atoms with Gasteiger partial charge >= 0.3 is 0 Å². The Balaban J connectivity index is 2.46. The van der Waals surface area contributed by atoms with Crippen LogP contribution in [0.15, 0.2) is 41.3 Å². The lowest BCUT2D eigenvalue weighted by Crippen LogP contribution is -2.09. The molecular formula is C14H13F2NO2S. The molecule has 0 saturated carbocycles. The SMILES string of the molecule is Cc1c(N)cccc1S(=O)(=O)Cc1cc(F)ccc1F. The smallest absolute Gasteiger partial charge is 0.182 e. The topological polar surface area (TPSA) is 60.2 Å². The molecule has 0 unspecified atom stereocenters. The monoisotopic (exact) mass is 297 g/mol. The van der Waals surface area contributed by atoms with Crippen LogP contribution in [-0.4, -0.2) is 8.42 Å². The number of rotatable bonds is 3. The van der Waals surface area contributed by atoms with E-state index in [0.717, 1.165) is 18.2 Å². The van der Waals surface area contributed by atoms with Crippen molar-refractivity contribution in [3.05, 3.63) is 59.2 Å². The van der Waals surface area contributed by atoms with Crippen molar-refractivity contribution in [3.63, 3.8) is 0 Å². The van der Waals surface area contributed by atoms with Crippen molar-refractivity contribution in [3.8, 4) is 0 Å². The van der Waals surface area contributed by atoms with Gasteiger partial charge in [-0.3, -0.25) is 0 Å². The fraction of sp³-hybridized carbons (Fsp3) is 0.143. The number of nitrogen functional groups attached to an aromatic ring is 1. The van der Waals surface area contributed by atoms with Crippen LogP contribution in [0.5, 0.6) is 0 Å². The number of hydrogen-bond acceptors (Lipinski definition) is 3. The average Bonchev–Trinajstić information content (AvgIpc) is 2.36. The zero-order valence-electron chi connectivity index (χ0n) is 10.7. The van der Waals surface area contributed by atoms with Crippen LogP contribution in [0.3, 0.4) is 0 Å². The van der Waals surface area contributed by atoms with E-state index in [4.69, 9.17) is 5.73 Å². The second-order valence-electron chi connectivity index (χ2n) is 4.47. The molecule has 2 aromatic carbocycles. The lowest BCUT2D eigenvalue weighted by atomic mass is 10.2. The summed E-state index contributed by atoms with van der Waals surface area (Å²) in [6.45, 7) is 1.57. The zero-order chi connectivity index (χ0) is 14.9. The van der Waals surface area contributed by atoms with Gasteiger partial charge in [-0.15, -0.1) is 0 Å². The van der Waals surface area contributed by atoms with E-state index in [2.05, 4.69) is 0 Å². The summed E-state index contributed by atoms with van der Waals surface area (Å²) >= 11 is 0. The van der Waals surface area contributed by atoms with Crippen LogP contribution in [0.25, 0.3) is 0 Å². The molecule has 106 valence electrons. The first-order valence-corrected chi connectivity index (χ1v) is 7.48. The van der Waals surface area contributed by atoms with Crippen LogP contribution >= 0.6 is 0 Å². The minimum atomic E-state index is -3.79. The maximum atomic E-state index is 13.5. The molecule has 3 nitrogen and oxygen atoms in total. The van der Waals surface area contributed by atoms with Crippen LogP contribution in [0.2, 0.25) is 0 Å². The predicted octanol–water partition coefficient (Wildman–Crippen LogP) is 2.83. The zero-order valence-corrected chi connectivity index (χ0v) is 11.5. The minimum absolute atomic E-state index is 0.0289. The molecule has 0 radical (unpaired) electrons. The van der Waals surface area contributed by atoms with Crippen molar-refractivity contribution < 1.29 is 17.2 Å². The molecule has 0 bridgehead atoms. The van der Waals surface area contributed by atoms with Crippen molar-refractivity contribution in [1.29, 1.82) is 0 Å². The molecule has 2 aromatic rings. The van der Waals surface area contributed by atoms with E-state index in [-0.39, 0.29) is 10.5 Å². The van der Waals surface area contributed by atoms with E-state index >= 15 is 0 Å².